The standard InChI is InChI=1S/C22H22FNO2/c1-16-17(2)24(20(25)15-14-18-10-6-4-7-11-18)26-21(22(16,3)23)19-12-8-5-9-13-19/h4-15,17,21H,1H2,2-3H3/b15-14+/t17-,21+,22-/m1/s1. The molecule has 3 nitrogen and oxygen atoms in total. The summed E-state index contributed by atoms with van der Waals surface area (Å²) in [7, 11) is 0. The number of nitrogens with zero attached hydrogens (tertiary/aromatic N) is 1. The summed E-state index contributed by atoms with van der Waals surface area (Å²) in [5.74, 6) is -0.348. The zero-order chi connectivity index (χ0) is 18.7. The molecule has 0 aliphatic carbocycles. The monoisotopic (exact) mass is 351 g/mol. The minimum absolute atomic E-state index is 0.319. The first-order chi connectivity index (χ1) is 12.4. The fourth-order valence-electron chi connectivity index (χ4n) is 3.07. The Morgan fingerprint density at radius 2 is 1.73 bits per heavy atom. The van der Waals surface area contributed by atoms with Crippen LogP contribution in [0.2, 0.25) is 0 Å². The second kappa shape index (κ2) is 7.26. The minimum atomic E-state index is -1.78. The van der Waals surface area contributed by atoms with Gasteiger partial charge in [0.1, 0.15) is 6.10 Å². The molecule has 0 aromatic heterocycles. The summed E-state index contributed by atoms with van der Waals surface area (Å²) in [5, 5.41) is 1.21. The van der Waals surface area contributed by atoms with Crippen LogP contribution in [0.5, 0.6) is 0 Å². The van der Waals surface area contributed by atoms with Gasteiger partial charge in [0.2, 0.25) is 0 Å². The van der Waals surface area contributed by atoms with Crippen molar-refractivity contribution in [3.8, 4) is 0 Å². The Kier molecular flexibility index (Phi) is 5.05. The zero-order valence-corrected chi connectivity index (χ0v) is 14.9. The Balaban J connectivity index is 1.86. The van der Waals surface area contributed by atoms with E-state index in [1.165, 1.54) is 18.1 Å². The molecule has 0 N–H and O–H groups in total. The largest absolute Gasteiger partial charge is 0.270 e. The van der Waals surface area contributed by atoms with Gasteiger partial charge in [-0.1, -0.05) is 67.2 Å². The zero-order valence-electron chi connectivity index (χ0n) is 14.9. The SMILES string of the molecule is C=C1[C@@H](C)N(C(=O)/C=C/c2ccccc2)O[C@@H](c2ccccc2)[C@]1(C)F. The lowest BCUT2D eigenvalue weighted by Crippen LogP contribution is -2.53. The van der Waals surface area contributed by atoms with Gasteiger partial charge in [-0.15, -0.1) is 0 Å². The van der Waals surface area contributed by atoms with Crippen LogP contribution in [0.1, 0.15) is 31.1 Å². The summed E-state index contributed by atoms with van der Waals surface area (Å²) < 4.78 is 15.4. The molecule has 0 radical (unpaired) electrons. The van der Waals surface area contributed by atoms with Crippen LogP contribution < -0.4 is 0 Å². The van der Waals surface area contributed by atoms with Gasteiger partial charge >= 0.3 is 0 Å². The number of hydrogen-bond acceptors (Lipinski definition) is 2. The summed E-state index contributed by atoms with van der Waals surface area (Å²) in [4.78, 5) is 18.5. The molecule has 2 aromatic rings. The summed E-state index contributed by atoms with van der Waals surface area (Å²) in [6, 6.07) is 18.0. The highest BCUT2D eigenvalue weighted by Gasteiger charge is 2.49. The predicted octanol–water partition coefficient (Wildman–Crippen LogP) is 4.89. The van der Waals surface area contributed by atoms with Crippen molar-refractivity contribution in [2.24, 2.45) is 0 Å². The van der Waals surface area contributed by atoms with Crippen LogP contribution in [0, 0.1) is 0 Å². The molecule has 1 aliphatic rings. The van der Waals surface area contributed by atoms with Gasteiger partial charge in [-0.25, -0.2) is 9.45 Å². The molecular weight excluding hydrogens is 329 g/mol. The average Bonchev–Trinajstić information content (AvgIpc) is 2.66. The second-order valence-corrected chi connectivity index (χ2v) is 6.58. The van der Waals surface area contributed by atoms with Gasteiger partial charge in [-0.3, -0.25) is 9.63 Å². The Hall–Kier alpha value is -2.72. The van der Waals surface area contributed by atoms with Crippen LogP contribution in [-0.4, -0.2) is 22.7 Å². The third-order valence-electron chi connectivity index (χ3n) is 4.73. The third kappa shape index (κ3) is 3.46. The molecule has 1 fully saturated rings. The summed E-state index contributed by atoms with van der Waals surface area (Å²) in [5.41, 5.74) is 0.106. The normalized spacial score (nSPS) is 26.3. The van der Waals surface area contributed by atoms with Gasteiger partial charge in [0.25, 0.3) is 5.91 Å². The van der Waals surface area contributed by atoms with Crippen molar-refractivity contribution in [3.05, 3.63) is 90.0 Å². The van der Waals surface area contributed by atoms with Gasteiger partial charge in [0.05, 0.1) is 6.04 Å². The van der Waals surface area contributed by atoms with Crippen LogP contribution in [-0.2, 0) is 9.63 Å². The molecule has 134 valence electrons. The van der Waals surface area contributed by atoms with E-state index in [9.17, 15) is 4.79 Å². The smallest absolute Gasteiger partial charge is 0.267 e. The van der Waals surface area contributed by atoms with E-state index in [-0.39, 0.29) is 5.91 Å². The maximum atomic E-state index is 15.4. The number of carbonyl (C=O) groups excluding carboxylic acids is 1. The number of carbonyl (C=O) groups is 1. The molecule has 0 unspecified atom stereocenters. The lowest BCUT2D eigenvalue weighted by molar-refractivity contribution is -0.253. The molecule has 0 bridgehead atoms. The highest BCUT2D eigenvalue weighted by atomic mass is 19.1. The molecular formula is C22H22FNO2. The Bertz CT molecular complexity index is 815. The lowest BCUT2D eigenvalue weighted by Gasteiger charge is -2.45. The topological polar surface area (TPSA) is 29.5 Å². The predicted molar refractivity (Wildman–Crippen MR) is 101 cm³/mol. The number of hydroxylamine groups is 2. The first kappa shape index (κ1) is 18.1. The molecule has 3 atom stereocenters. The van der Waals surface area contributed by atoms with Crippen molar-refractivity contribution in [3.63, 3.8) is 0 Å². The molecule has 2 aromatic carbocycles. The van der Waals surface area contributed by atoms with Crippen LogP contribution >= 0.6 is 0 Å². The summed E-state index contributed by atoms with van der Waals surface area (Å²) in [6.07, 6.45) is 2.21. The quantitative estimate of drug-likeness (QED) is 0.582. The number of alkyl halides is 1. The van der Waals surface area contributed by atoms with Gasteiger partial charge < -0.3 is 0 Å². The Morgan fingerprint density at radius 3 is 2.35 bits per heavy atom. The van der Waals surface area contributed by atoms with Crippen molar-refractivity contribution in [2.45, 2.75) is 31.7 Å². The number of hydrogen-bond donors (Lipinski definition) is 0. The third-order valence-corrected chi connectivity index (χ3v) is 4.73. The van der Waals surface area contributed by atoms with E-state index in [1.807, 2.05) is 48.5 Å². The molecule has 26 heavy (non-hydrogen) atoms. The van der Waals surface area contributed by atoms with Crippen LogP contribution in [0.3, 0.4) is 0 Å². The van der Waals surface area contributed by atoms with E-state index >= 15 is 4.39 Å². The molecule has 1 heterocycles. The van der Waals surface area contributed by atoms with E-state index in [2.05, 4.69) is 6.58 Å². The maximum absolute atomic E-state index is 15.4. The van der Waals surface area contributed by atoms with Crippen molar-refractivity contribution < 1.29 is 14.0 Å². The molecule has 1 saturated heterocycles. The number of amides is 1. The average molecular weight is 351 g/mol. The molecule has 1 amide bonds. The van der Waals surface area contributed by atoms with Crippen LogP contribution in [0.15, 0.2) is 78.9 Å². The van der Waals surface area contributed by atoms with E-state index < -0.39 is 17.8 Å². The van der Waals surface area contributed by atoms with E-state index in [1.54, 1.807) is 25.1 Å². The number of benzene rings is 2. The number of halogens is 1. The van der Waals surface area contributed by atoms with Crippen molar-refractivity contribution >= 4 is 12.0 Å². The molecule has 4 heteroatoms. The first-order valence-corrected chi connectivity index (χ1v) is 8.57. The van der Waals surface area contributed by atoms with Gasteiger partial charge in [-0.05, 0) is 36.6 Å². The van der Waals surface area contributed by atoms with Gasteiger partial charge in [-0.2, -0.15) is 0 Å². The highest BCUT2D eigenvalue weighted by molar-refractivity contribution is 5.91. The Labute approximate surface area is 153 Å². The summed E-state index contributed by atoms with van der Waals surface area (Å²) >= 11 is 0. The molecule has 3 rings (SSSR count). The fraction of sp³-hybridized carbons (Fsp3) is 0.227. The van der Waals surface area contributed by atoms with E-state index in [0.29, 0.717) is 11.1 Å². The molecule has 0 saturated carbocycles. The Morgan fingerprint density at radius 1 is 1.15 bits per heavy atom. The van der Waals surface area contributed by atoms with Crippen molar-refractivity contribution in [1.29, 1.82) is 0 Å². The van der Waals surface area contributed by atoms with Crippen molar-refractivity contribution in [1.82, 2.24) is 5.06 Å². The fourth-order valence-corrected chi connectivity index (χ4v) is 3.07. The summed E-state index contributed by atoms with van der Waals surface area (Å²) in [6.45, 7) is 7.07. The van der Waals surface area contributed by atoms with Crippen LogP contribution in [0.4, 0.5) is 4.39 Å². The minimum Gasteiger partial charge on any atom is -0.267 e. The lowest BCUT2D eigenvalue weighted by atomic mass is 9.83. The van der Waals surface area contributed by atoms with E-state index in [4.69, 9.17) is 4.84 Å². The molecule has 0 spiro atoms. The van der Waals surface area contributed by atoms with E-state index in [0.717, 1.165) is 5.56 Å². The van der Waals surface area contributed by atoms with Gasteiger partial charge in [0, 0.05) is 6.08 Å². The number of rotatable bonds is 3. The second-order valence-electron chi connectivity index (χ2n) is 6.58. The first-order valence-electron chi connectivity index (χ1n) is 8.57. The van der Waals surface area contributed by atoms with Crippen molar-refractivity contribution in [2.75, 3.05) is 0 Å². The maximum Gasteiger partial charge on any atom is 0.270 e. The molecule has 1 aliphatic heterocycles. The van der Waals surface area contributed by atoms with Gasteiger partial charge in [0.15, 0.2) is 5.67 Å². The highest BCUT2D eigenvalue weighted by Crippen LogP contribution is 2.44. The van der Waals surface area contributed by atoms with Crippen LogP contribution in [0.25, 0.3) is 6.08 Å².